The maximum absolute atomic E-state index is 11.9. The van der Waals surface area contributed by atoms with Gasteiger partial charge in [0.1, 0.15) is 23.6 Å². The Morgan fingerprint density at radius 1 is 1.53 bits per heavy atom. The van der Waals surface area contributed by atoms with Gasteiger partial charge in [0.25, 0.3) is 0 Å². The number of hydrogen-bond acceptors (Lipinski definition) is 4. The summed E-state index contributed by atoms with van der Waals surface area (Å²) in [5.41, 5.74) is -0.625. The zero-order valence-electron chi connectivity index (χ0n) is 9.44. The van der Waals surface area contributed by atoms with Crippen LogP contribution in [0.4, 0.5) is 0 Å². The zero-order chi connectivity index (χ0) is 12.6. The SMILES string of the molecule is CC1(C)NC(C(=O)C(Cl)Cl)C(c2ccco2)O1. The average Bonchev–Trinajstić information content (AvgIpc) is 2.83. The maximum atomic E-state index is 11.9. The van der Waals surface area contributed by atoms with Crippen molar-refractivity contribution >= 4 is 29.0 Å². The van der Waals surface area contributed by atoms with Gasteiger partial charge >= 0.3 is 0 Å². The Hall–Kier alpha value is -0.550. The fraction of sp³-hybridized carbons (Fsp3) is 0.545. The first-order valence-corrected chi connectivity index (χ1v) is 6.09. The number of hydrogen-bond donors (Lipinski definition) is 1. The first-order valence-electron chi connectivity index (χ1n) is 5.21. The van der Waals surface area contributed by atoms with Gasteiger partial charge in [0.2, 0.25) is 0 Å². The van der Waals surface area contributed by atoms with Crippen LogP contribution in [0.15, 0.2) is 22.8 Å². The van der Waals surface area contributed by atoms with E-state index in [0.717, 1.165) is 0 Å². The van der Waals surface area contributed by atoms with Crippen LogP contribution in [-0.4, -0.2) is 22.4 Å². The minimum atomic E-state index is -1.08. The number of rotatable bonds is 3. The summed E-state index contributed by atoms with van der Waals surface area (Å²) in [5.74, 6) is 0.260. The monoisotopic (exact) mass is 277 g/mol. The number of halogens is 2. The molecule has 1 N–H and O–H groups in total. The van der Waals surface area contributed by atoms with Crippen molar-refractivity contribution in [2.24, 2.45) is 0 Å². The summed E-state index contributed by atoms with van der Waals surface area (Å²) in [4.78, 5) is 10.8. The summed E-state index contributed by atoms with van der Waals surface area (Å²) in [6, 6.07) is 2.90. The van der Waals surface area contributed by atoms with E-state index in [1.54, 1.807) is 12.1 Å². The van der Waals surface area contributed by atoms with E-state index in [4.69, 9.17) is 32.4 Å². The van der Waals surface area contributed by atoms with Crippen molar-refractivity contribution in [3.63, 3.8) is 0 Å². The van der Waals surface area contributed by atoms with Gasteiger partial charge < -0.3 is 9.15 Å². The van der Waals surface area contributed by atoms with Crippen molar-refractivity contribution in [3.8, 4) is 0 Å². The molecule has 1 aromatic rings. The zero-order valence-corrected chi connectivity index (χ0v) is 11.0. The van der Waals surface area contributed by atoms with Gasteiger partial charge in [0.15, 0.2) is 10.6 Å². The van der Waals surface area contributed by atoms with Crippen LogP contribution in [0.5, 0.6) is 0 Å². The molecule has 0 saturated carbocycles. The average molecular weight is 278 g/mol. The lowest BCUT2D eigenvalue weighted by molar-refractivity contribution is -0.120. The molecule has 0 aliphatic carbocycles. The summed E-state index contributed by atoms with van der Waals surface area (Å²) < 4.78 is 11.0. The maximum Gasteiger partial charge on any atom is 0.185 e. The minimum Gasteiger partial charge on any atom is -0.467 e. The molecule has 1 aliphatic heterocycles. The van der Waals surface area contributed by atoms with Gasteiger partial charge in [-0.25, -0.2) is 0 Å². The molecule has 0 aromatic carbocycles. The second-order valence-electron chi connectivity index (χ2n) is 4.39. The molecule has 1 saturated heterocycles. The number of carbonyl (C=O) groups is 1. The van der Waals surface area contributed by atoms with Gasteiger partial charge in [-0.1, -0.05) is 23.2 Å². The van der Waals surface area contributed by atoms with Crippen molar-refractivity contribution in [2.45, 2.75) is 36.6 Å². The van der Waals surface area contributed by atoms with Crippen LogP contribution in [0.1, 0.15) is 25.7 Å². The Balaban J connectivity index is 2.26. The Labute approximate surface area is 109 Å². The van der Waals surface area contributed by atoms with Crippen molar-refractivity contribution in [1.29, 1.82) is 0 Å². The highest BCUT2D eigenvalue weighted by Crippen LogP contribution is 2.35. The Morgan fingerprint density at radius 3 is 2.76 bits per heavy atom. The number of Topliss-reactive ketones (excluding diaryl/α,β-unsaturated/α-hetero) is 1. The topological polar surface area (TPSA) is 51.5 Å². The van der Waals surface area contributed by atoms with E-state index in [1.807, 2.05) is 13.8 Å². The molecule has 1 aromatic heterocycles. The van der Waals surface area contributed by atoms with E-state index in [0.29, 0.717) is 5.76 Å². The molecule has 2 rings (SSSR count). The normalized spacial score (nSPS) is 27.6. The largest absolute Gasteiger partial charge is 0.467 e. The molecule has 0 spiro atoms. The van der Waals surface area contributed by atoms with Crippen LogP contribution in [0.2, 0.25) is 0 Å². The predicted molar refractivity (Wildman–Crippen MR) is 64.0 cm³/mol. The lowest BCUT2D eigenvalue weighted by Gasteiger charge is -2.17. The Morgan fingerprint density at radius 2 is 2.24 bits per heavy atom. The van der Waals surface area contributed by atoms with Gasteiger partial charge in [-0.15, -0.1) is 0 Å². The van der Waals surface area contributed by atoms with E-state index in [-0.39, 0.29) is 5.78 Å². The molecule has 94 valence electrons. The van der Waals surface area contributed by atoms with Gasteiger partial charge in [0.05, 0.1) is 6.26 Å². The van der Waals surface area contributed by atoms with Crippen LogP contribution in [0.3, 0.4) is 0 Å². The predicted octanol–water partition coefficient (Wildman–Crippen LogP) is 2.42. The van der Waals surface area contributed by atoms with Crippen LogP contribution >= 0.6 is 23.2 Å². The van der Waals surface area contributed by atoms with E-state index in [1.165, 1.54) is 6.26 Å². The molecule has 1 aliphatic rings. The molecule has 4 nitrogen and oxygen atoms in total. The highest BCUT2D eigenvalue weighted by molar-refractivity contribution is 6.54. The third-order valence-electron chi connectivity index (χ3n) is 2.57. The number of ether oxygens (including phenoxy) is 1. The highest BCUT2D eigenvalue weighted by atomic mass is 35.5. The van der Waals surface area contributed by atoms with Crippen molar-refractivity contribution in [2.75, 3.05) is 0 Å². The molecule has 6 heteroatoms. The lowest BCUT2D eigenvalue weighted by Crippen LogP contribution is -2.44. The first-order chi connectivity index (χ1) is 7.91. The van der Waals surface area contributed by atoms with Gasteiger partial charge in [-0.3, -0.25) is 10.1 Å². The standard InChI is InChI=1S/C11H13Cl2NO3/c1-11(2)14-7(8(15)10(12)13)9(17-11)6-4-3-5-16-6/h3-5,7,9-10,14H,1-2H3. The second kappa shape index (κ2) is 4.61. The molecule has 2 atom stereocenters. The summed E-state index contributed by atoms with van der Waals surface area (Å²) in [6.07, 6.45) is 1.03. The van der Waals surface area contributed by atoms with E-state index >= 15 is 0 Å². The molecule has 1 fully saturated rings. The second-order valence-corrected chi connectivity index (χ2v) is 5.49. The van der Waals surface area contributed by atoms with Gasteiger partial charge in [-0.2, -0.15) is 0 Å². The molecule has 2 heterocycles. The fourth-order valence-corrected chi connectivity index (χ4v) is 2.17. The van der Waals surface area contributed by atoms with Gasteiger partial charge in [-0.05, 0) is 26.0 Å². The Bertz CT molecular complexity index is 403. The number of carbonyl (C=O) groups excluding carboxylic acids is 1. The first kappa shape index (κ1) is 12.9. The summed E-state index contributed by atoms with van der Waals surface area (Å²) >= 11 is 11.2. The summed E-state index contributed by atoms with van der Waals surface area (Å²) in [5, 5.41) is 3.05. The molecule has 0 radical (unpaired) electrons. The van der Waals surface area contributed by atoms with E-state index < -0.39 is 22.7 Å². The summed E-state index contributed by atoms with van der Waals surface area (Å²) in [7, 11) is 0. The smallest absolute Gasteiger partial charge is 0.185 e. The van der Waals surface area contributed by atoms with Crippen LogP contribution in [0, 0.1) is 0 Å². The quantitative estimate of drug-likeness (QED) is 0.863. The molecular formula is C11H13Cl2NO3. The Kier molecular flexibility index (Phi) is 3.50. The van der Waals surface area contributed by atoms with Crippen molar-refractivity contribution in [1.82, 2.24) is 5.32 Å². The molecule has 0 amide bonds. The van der Waals surface area contributed by atoms with Crippen LogP contribution < -0.4 is 5.32 Å². The van der Waals surface area contributed by atoms with Crippen LogP contribution in [0.25, 0.3) is 0 Å². The minimum absolute atomic E-state index is 0.319. The third-order valence-corrected chi connectivity index (χ3v) is 3.00. The molecule has 17 heavy (non-hydrogen) atoms. The highest BCUT2D eigenvalue weighted by Gasteiger charge is 2.46. The van der Waals surface area contributed by atoms with Crippen molar-refractivity contribution < 1.29 is 13.9 Å². The number of nitrogens with one attached hydrogen (secondary N) is 1. The van der Waals surface area contributed by atoms with Crippen molar-refractivity contribution in [3.05, 3.63) is 24.2 Å². The van der Waals surface area contributed by atoms with Crippen LogP contribution in [-0.2, 0) is 9.53 Å². The fourth-order valence-electron chi connectivity index (χ4n) is 1.90. The molecule has 2 unspecified atom stereocenters. The number of ketones is 1. The molecular weight excluding hydrogens is 265 g/mol. The molecule has 0 bridgehead atoms. The third kappa shape index (κ3) is 2.65. The van der Waals surface area contributed by atoms with E-state index in [2.05, 4.69) is 5.32 Å². The number of furan rings is 1. The lowest BCUT2D eigenvalue weighted by atomic mass is 10.1. The summed E-state index contributed by atoms with van der Waals surface area (Å²) in [6.45, 7) is 3.65. The van der Waals surface area contributed by atoms with E-state index in [9.17, 15) is 4.79 Å². The van der Waals surface area contributed by atoms with Gasteiger partial charge in [0, 0.05) is 0 Å². The number of alkyl halides is 2.